The summed E-state index contributed by atoms with van der Waals surface area (Å²) in [6.07, 6.45) is 0. The number of hydrogen-bond acceptors (Lipinski definition) is 3. The summed E-state index contributed by atoms with van der Waals surface area (Å²) in [4.78, 5) is 2.20. The predicted octanol–water partition coefficient (Wildman–Crippen LogP) is 5.72. The van der Waals surface area contributed by atoms with Crippen molar-refractivity contribution < 1.29 is 8.42 Å². The Morgan fingerprint density at radius 3 is 1.94 bits per heavy atom. The third kappa shape index (κ3) is 5.33. The Balaban J connectivity index is 1.75. The fraction of sp³-hybridized carbons (Fsp3) is 0.185. The van der Waals surface area contributed by atoms with Crippen molar-refractivity contribution in [3.05, 3.63) is 95.0 Å². The zero-order valence-corrected chi connectivity index (χ0v) is 21.9. The first-order chi connectivity index (χ1) is 16.3. The molecule has 3 aromatic carbocycles. The molecule has 0 spiro atoms. The molecule has 1 N–H and O–H groups in total. The largest absolute Gasteiger partial charge is 0.309 e. The van der Waals surface area contributed by atoms with Gasteiger partial charge in [0.2, 0.25) is 10.0 Å². The van der Waals surface area contributed by atoms with E-state index in [1.807, 2.05) is 55.4 Å². The van der Waals surface area contributed by atoms with Gasteiger partial charge in [0.15, 0.2) is 0 Å². The molecular weight excluding hydrogens is 510 g/mol. The van der Waals surface area contributed by atoms with Crippen molar-refractivity contribution in [2.75, 3.05) is 27.2 Å². The van der Waals surface area contributed by atoms with E-state index in [2.05, 4.69) is 68.5 Å². The summed E-state index contributed by atoms with van der Waals surface area (Å²) < 4.78 is 31.3. The van der Waals surface area contributed by atoms with Gasteiger partial charge in [0.05, 0.1) is 16.3 Å². The number of likely N-dealkylation sites (N-methyl/N-ethyl adjacent to an activating group) is 1. The minimum absolute atomic E-state index is 0.261. The van der Waals surface area contributed by atoms with Gasteiger partial charge in [-0.1, -0.05) is 58.4 Å². The molecule has 176 valence electrons. The standard InChI is InChI=1S/C27H28BrN3O2S/c1-20-6-4-5-7-25(20)31-26(21-8-12-23(28)13-9-21)16-17-27(31)22-10-14-24(15-11-22)34(32,33)29-18-19-30(2)3/h4-17,29H,18-19H2,1-3H3. The van der Waals surface area contributed by atoms with Crippen molar-refractivity contribution in [3.8, 4) is 28.2 Å². The molecule has 0 unspecified atom stereocenters. The number of para-hydroxylation sites is 1. The fourth-order valence-corrected chi connectivity index (χ4v) is 5.16. The molecule has 1 aromatic heterocycles. The zero-order valence-electron chi connectivity index (χ0n) is 19.5. The van der Waals surface area contributed by atoms with Gasteiger partial charge in [-0.15, -0.1) is 0 Å². The maximum Gasteiger partial charge on any atom is 0.240 e. The fourth-order valence-electron chi connectivity index (χ4n) is 3.87. The highest BCUT2D eigenvalue weighted by Crippen LogP contribution is 2.34. The predicted molar refractivity (Wildman–Crippen MR) is 143 cm³/mol. The van der Waals surface area contributed by atoms with Crippen LogP contribution in [0, 0.1) is 6.92 Å². The minimum atomic E-state index is -3.55. The lowest BCUT2D eigenvalue weighted by Gasteiger charge is -2.17. The first kappa shape index (κ1) is 24.4. The summed E-state index contributed by atoms with van der Waals surface area (Å²) in [5.74, 6) is 0. The number of rotatable bonds is 8. The zero-order chi connectivity index (χ0) is 24.3. The van der Waals surface area contributed by atoms with Crippen molar-refractivity contribution in [1.29, 1.82) is 0 Å². The highest BCUT2D eigenvalue weighted by atomic mass is 79.9. The van der Waals surface area contributed by atoms with Gasteiger partial charge in [0.25, 0.3) is 0 Å². The molecule has 4 rings (SSSR count). The van der Waals surface area contributed by atoms with Crippen LogP contribution in [0.4, 0.5) is 0 Å². The molecule has 0 aliphatic carbocycles. The second-order valence-electron chi connectivity index (χ2n) is 8.46. The molecule has 7 heteroatoms. The van der Waals surface area contributed by atoms with Gasteiger partial charge in [0, 0.05) is 23.2 Å². The Morgan fingerprint density at radius 1 is 0.824 bits per heavy atom. The van der Waals surface area contributed by atoms with Crippen LogP contribution in [-0.2, 0) is 10.0 Å². The molecule has 1 heterocycles. The van der Waals surface area contributed by atoms with Crippen molar-refractivity contribution in [1.82, 2.24) is 14.2 Å². The van der Waals surface area contributed by atoms with Crippen LogP contribution in [0.3, 0.4) is 0 Å². The topological polar surface area (TPSA) is 54.3 Å². The van der Waals surface area contributed by atoms with Crippen LogP contribution in [-0.4, -0.2) is 45.1 Å². The molecule has 5 nitrogen and oxygen atoms in total. The number of benzene rings is 3. The summed E-state index contributed by atoms with van der Waals surface area (Å²) >= 11 is 3.52. The number of sulfonamides is 1. The van der Waals surface area contributed by atoms with Crippen LogP contribution in [0.25, 0.3) is 28.2 Å². The summed E-state index contributed by atoms with van der Waals surface area (Å²) in [6, 6.07) is 27.8. The Morgan fingerprint density at radius 2 is 1.38 bits per heavy atom. The van der Waals surface area contributed by atoms with Gasteiger partial charge >= 0.3 is 0 Å². The number of aryl methyl sites for hydroxylation is 1. The minimum Gasteiger partial charge on any atom is -0.309 e. The number of nitrogens with zero attached hydrogens (tertiary/aromatic N) is 2. The van der Waals surface area contributed by atoms with Crippen LogP contribution < -0.4 is 4.72 Å². The molecule has 0 aliphatic rings. The molecule has 0 saturated carbocycles. The third-order valence-electron chi connectivity index (χ3n) is 5.69. The lowest BCUT2D eigenvalue weighted by atomic mass is 10.1. The van der Waals surface area contributed by atoms with Crippen molar-refractivity contribution in [3.63, 3.8) is 0 Å². The monoisotopic (exact) mass is 537 g/mol. The van der Waals surface area contributed by atoms with Crippen molar-refractivity contribution >= 4 is 26.0 Å². The molecule has 0 aliphatic heterocycles. The molecule has 0 fully saturated rings. The third-order valence-corrected chi connectivity index (χ3v) is 7.69. The van der Waals surface area contributed by atoms with E-state index in [0.29, 0.717) is 13.1 Å². The van der Waals surface area contributed by atoms with E-state index in [1.165, 1.54) is 0 Å². The number of nitrogens with one attached hydrogen (secondary N) is 1. The summed E-state index contributed by atoms with van der Waals surface area (Å²) in [5, 5.41) is 0. The average Bonchev–Trinajstić information content (AvgIpc) is 3.24. The van der Waals surface area contributed by atoms with Crippen molar-refractivity contribution in [2.24, 2.45) is 0 Å². The van der Waals surface area contributed by atoms with Crippen LogP contribution in [0.5, 0.6) is 0 Å². The van der Waals surface area contributed by atoms with E-state index >= 15 is 0 Å². The molecule has 0 atom stereocenters. The first-order valence-corrected chi connectivity index (χ1v) is 13.3. The van der Waals surface area contributed by atoms with Gasteiger partial charge in [-0.05, 0) is 80.2 Å². The molecule has 0 saturated heterocycles. The second kappa shape index (κ2) is 10.3. The van der Waals surface area contributed by atoms with Crippen LogP contribution in [0.15, 0.2) is 94.3 Å². The highest BCUT2D eigenvalue weighted by molar-refractivity contribution is 9.10. The maximum absolute atomic E-state index is 12.7. The Bertz CT molecular complexity index is 1380. The Labute approximate surface area is 210 Å². The normalized spacial score (nSPS) is 11.8. The molecule has 0 amide bonds. The van der Waals surface area contributed by atoms with Crippen LogP contribution >= 0.6 is 15.9 Å². The molecule has 4 aromatic rings. The highest BCUT2D eigenvalue weighted by Gasteiger charge is 2.17. The lowest BCUT2D eigenvalue weighted by Crippen LogP contribution is -2.31. The van der Waals surface area contributed by atoms with E-state index < -0.39 is 10.0 Å². The number of halogens is 1. The number of hydrogen-bond donors (Lipinski definition) is 1. The van der Waals surface area contributed by atoms with E-state index in [1.54, 1.807) is 12.1 Å². The van der Waals surface area contributed by atoms with Gasteiger partial charge in [-0.3, -0.25) is 0 Å². The summed E-state index contributed by atoms with van der Waals surface area (Å²) in [6.45, 7) is 3.10. The molecule has 0 bridgehead atoms. The summed E-state index contributed by atoms with van der Waals surface area (Å²) in [7, 11) is 0.270. The van der Waals surface area contributed by atoms with Gasteiger partial charge < -0.3 is 9.47 Å². The molecular formula is C27H28BrN3O2S. The number of aromatic nitrogens is 1. The van der Waals surface area contributed by atoms with Crippen LogP contribution in [0.2, 0.25) is 0 Å². The second-order valence-corrected chi connectivity index (χ2v) is 11.1. The molecule has 0 radical (unpaired) electrons. The Kier molecular flexibility index (Phi) is 7.38. The SMILES string of the molecule is Cc1ccccc1-n1c(-c2ccc(Br)cc2)ccc1-c1ccc(S(=O)(=O)NCCN(C)C)cc1. The van der Waals surface area contributed by atoms with Crippen molar-refractivity contribution in [2.45, 2.75) is 11.8 Å². The van der Waals surface area contributed by atoms with E-state index in [0.717, 1.165) is 38.2 Å². The Hall–Kier alpha value is -2.71. The van der Waals surface area contributed by atoms with E-state index in [4.69, 9.17) is 0 Å². The maximum atomic E-state index is 12.7. The average molecular weight is 539 g/mol. The van der Waals surface area contributed by atoms with E-state index in [9.17, 15) is 8.42 Å². The van der Waals surface area contributed by atoms with E-state index in [-0.39, 0.29) is 4.90 Å². The molecule has 34 heavy (non-hydrogen) atoms. The van der Waals surface area contributed by atoms with Gasteiger partial charge in [-0.25, -0.2) is 13.1 Å². The summed E-state index contributed by atoms with van der Waals surface area (Å²) in [5.41, 5.74) is 6.35. The smallest absolute Gasteiger partial charge is 0.240 e. The first-order valence-electron chi connectivity index (χ1n) is 11.0. The lowest BCUT2D eigenvalue weighted by molar-refractivity contribution is 0.412. The van der Waals surface area contributed by atoms with Gasteiger partial charge in [0.1, 0.15) is 0 Å². The quantitative estimate of drug-likeness (QED) is 0.312. The van der Waals surface area contributed by atoms with Gasteiger partial charge in [-0.2, -0.15) is 0 Å². The van der Waals surface area contributed by atoms with Crippen LogP contribution in [0.1, 0.15) is 5.56 Å².